The Bertz CT molecular complexity index is 397. The summed E-state index contributed by atoms with van der Waals surface area (Å²) in [5.74, 6) is 0.849. The number of aryl methyl sites for hydroxylation is 1. The van der Waals surface area contributed by atoms with Crippen LogP contribution < -0.4 is 5.32 Å². The predicted molar refractivity (Wildman–Crippen MR) is 61.7 cm³/mol. The molecule has 78 valence electrons. The molecular formula is C13H16N2. The number of hydrogen-bond acceptors (Lipinski definition) is 2. The van der Waals surface area contributed by atoms with E-state index in [0.29, 0.717) is 6.04 Å². The second-order valence-electron chi connectivity index (χ2n) is 4.56. The highest BCUT2D eigenvalue weighted by atomic mass is 14.9. The van der Waals surface area contributed by atoms with Crippen molar-refractivity contribution >= 4 is 5.69 Å². The molecule has 0 unspecified atom stereocenters. The maximum atomic E-state index is 8.82. The fourth-order valence-corrected chi connectivity index (χ4v) is 2.09. The van der Waals surface area contributed by atoms with Gasteiger partial charge in [-0.1, -0.05) is 13.0 Å². The highest BCUT2D eigenvalue weighted by molar-refractivity contribution is 5.55. The minimum Gasteiger partial charge on any atom is -0.382 e. The van der Waals surface area contributed by atoms with Crippen LogP contribution in [-0.4, -0.2) is 6.04 Å². The number of benzene rings is 1. The van der Waals surface area contributed by atoms with Crippen molar-refractivity contribution in [1.82, 2.24) is 0 Å². The van der Waals surface area contributed by atoms with Gasteiger partial charge in [-0.05, 0) is 43.4 Å². The van der Waals surface area contributed by atoms with Gasteiger partial charge >= 0.3 is 0 Å². The van der Waals surface area contributed by atoms with Crippen molar-refractivity contribution in [3.05, 3.63) is 29.3 Å². The zero-order valence-electron chi connectivity index (χ0n) is 9.25. The molecule has 0 atom stereocenters. The third-order valence-corrected chi connectivity index (χ3v) is 3.10. The van der Waals surface area contributed by atoms with E-state index in [1.807, 2.05) is 18.2 Å². The van der Waals surface area contributed by atoms with E-state index in [2.05, 4.69) is 25.2 Å². The second kappa shape index (κ2) is 3.94. The highest BCUT2D eigenvalue weighted by Gasteiger charge is 2.25. The zero-order chi connectivity index (χ0) is 10.8. The first-order chi connectivity index (χ1) is 7.19. The Morgan fingerprint density at radius 1 is 1.40 bits per heavy atom. The monoisotopic (exact) mass is 200 g/mol. The van der Waals surface area contributed by atoms with Gasteiger partial charge in [-0.25, -0.2) is 0 Å². The molecule has 1 N–H and O–H groups in total. The molecule has 0 bridgehead atoms. The van der Waals surface area contributed by atoms with Crippen molar-refractivity contribution in [3.8, 4) is 6.07 Å². The van der Waals surface area contributed by atoms with Crippen LogP contribution in [0.25, 0.3) is 0 Å². The normalized spacial score (nSPS) is 24.1. The molecule has 1 aromatic rings. The number of anilines is 1. The highest BCUT2D eigenvalue weighted by Crippen LogP contribution is 2.30. The average Bonchev–Trinajstić information content (AvgIpc) is 2.19. The summed E-state index contributed by atoms with van der Waals surface area (Å²) < 4.78 is 0. The molecule has 1 saturated carbocycles. The molecule has 0 spiro atoms. The summed E-state index contributed by atoms with van der Waals surface area (Å²) in [5, 5.41) is 12.3. The lowest BCUT2D eigenvalue weighted by Crippen LogP contribution is -2.33. The van der Waals surface area contributed by atoms with E-state index in [9.17, 15) is 0 Å². The fourth-order valence-electron chi connectivity index (χ4n) is 2.09. The Hall–Kier alpha value is -1.49. The molecule has 0 aliphatic heterocycles. The minimum atomic E-state index is 0.604. The van der Waals surface area contributed by atoms with Gasteiger partial charge in [-0.2, -0.15) is 5.26 Å². The smallest absolute Gasteiger partial charge is 0.0992 e. The number of nitrogens with one attached hydrogen (secondary N) is 1. The van der Waals surface area contributed by atoms with Crippen LogP contribution in [0.15, 0.2) is 18.2 Å². The van der Waals surface area contributed by atoms with E-state index in [0.717, 1.165) is 17.2 Å². The van der Waals surface area contributed by atoms with E-state index in [1.165, 1.54) is 18.4 Å². The first-order valence-corrected chi connectivity index (χ1v) is 5.46. The predicted octanol–water partition coefficient (Wildman–Crippen LogP) is 3.08. The Labute approximate surface area is 90.9 Å². The fraction of sp³-hybridized carbons (Fsp3) is 0.462. The molecule has 2 heteroatoms. The summed E-state index contributed by atoms with van der Waals surface area (Å²) in [6, 6.07) is 8.59. The van der Waals surface area contributed by atoms with E-state index >= 15 is 0 Å². The van der Waals surface area contributed by atoms with Gasteiger partial charge in [-0.3, -0.25) is 0 Å². The largest absolute Gasteiger partial charge is 0.382 e. The van der Waals surface area contributed by atoms with Crippen LogP contribution in [0.1, 0.15) is 30.9 Å². The molecule has 1 aromatic carbocycles. The van der Waals surface area contributed by atoms with Crippen molar-refractivity contribution in [2.24, 2.45) is 5.92 Å². The summed E-state index contributed by atoms with van der Waals surface area (Å²) in [5.41, 5.74) is 3.06. The SMILES string of the molecule is Cc1ccc(C#N)cc1NC1CC(C)C1. The Balaban J connectivity index is 2.10. The maximum Gasteiger partial charge on any atom is 0.0992 e. The molecule has 1 aliphatic rings. The lowest BCUT2D eigenvalue weighted by atomic mass is 9.81. The van der Waals surface area contributed by atoms with Crippen LogP contribution in [0.2, 0.25) is 0 Å². The lowest BCUT2D eigenvalue weighted by Gasteiger charge is -2.34. The van der Waals surface area contributed by atoms with Crippen LogP contribution in [0.4, 0.5) is 5.69 Å². The zero-order valence-corrected chi connectivity index (χ0v) is 9.25. The van der Waals surface area contributed by atoms with Crippen LogP contribution in [0.3, 0.4) is 0 Å². The Morgan fingerprint density at radius 2 is 2.13 bits per heavy atom. The van der Waals surface area contributed by atoms with Crippen molar-refractivity contribution in [2.45, 2.75) is 32.7 Å². The molecule has 0 aromatic heterocycles. The summed E-state index contributed by atoms with van der Waals surface area (Å²) in [6.07, 6.45) is 2.49. The Kier molecular flexibility index (Phi) is 2.64. The summed E-state index contributed by atoms with van der Waals surface area (Å²) in [7, 11) is 0. The summed E-state index contributed by atoms with van der Waals surface area (Å²) in [4.78, 5) is 0. The quantitative estimate of drug-likeness (QED) is 0.796. The topological polar surface area (TPSA) is 35.8 Å². The summed E-state index contributed by atoms with van der Waals surface area (Å²) in [6.45, 7) is 4.35. The molecule has 1 fully saturated rings. The van der Waals surface area contributed by atoms with Crippen molar-refractivity contribution in [3.63, 3.8) is 0 Å². The van der Waals surface area contributed by atoms with Gasteiger partial charge in [0.05, 0.1) is 11.6 Å². The third-order valence-electron chi connectivity index (χ3n) is 3.10. The van der Waals surface area contributed by atoms with E-state index < -0.39 is 0 Å². The van der Waals surface area contributed by atoms with Gasteiger partial charge in [-0.15, -0.1) is 0 Å². The van der Waals surface area contributed by atoms with Gasteiger partial charge < -0.3 is 5.32 Å². The Morgan fingerprint density at radius 3 is 2.73 bits per heavy atom. The third kappa shape index (κ3) is 2.12. The summed E-state index contributed by atoms with van der Waals surface area (Å²) >= 11 is 0. The number of nitrogens with zero attached hydrogens (tertiary/aromatic N) is 1. The van der Waals surface area contributed by atoms with E-state index in [4.69, 9.17) is 5.26 Å². The first kappa shape index (κ1) is 10.0. The molecule has 0 heterocycles. The van der Waals surface area contributed by atoms with Crippen LogP contribution in [0.5, 0.6) is 0 Å². The van der Waals surface area contributed by atoms with E-state index in [-0.39, 0.29) is 0 Å². The molecule has 2 rings (SSSR count). The molecular weight excluding hydrogens is 184 g/mol. The van der Waals surface area contributed by atoms with Gasteiger partial charge in [0.25, 0.3) is 0 Å². The lowest BCUT2D eigenvalue weighted by molar-refractivity contribution is 0.309. The van der Waals surface area contributed by atoms with Crippen LogP contribution >= 0.6 is 0 Å². The molecule has 15 heavy (non-hydrogen) atoms. The number of hydrogen-bond donors (Lipinski definition) is 1. The molecule has 0 amide bonds. The minimum absolute atomic E-state index is 0.604. The molecule has 0 radical (unpaired) electrons. The van der Waals surface area contributed by atoms with Crippen molar-refractivity contribution in [2.75, 3.05) is 5.32 Å². The van der Waals surface area contributed by atoms with Gasteiger partial charge in [0, 0.05) is 11.7 Å². The van der Waals surface area contributed by atoms with Gasteiger partial charge in [0.1, 0.15) is 0 Å². The van der Waals surface area contributed by atoms with Crippen LogP contribution in [-0.2, 0) is 0 Å². The molecule has 1 aliphatic carbocycles. The molecule has 0 saturated heterocycles. The van der Waals surface area contributed by atoms with Crippen molar-refractivity contribution < 1.29 is 0 Å². The van der Waals surface area contributed by atoms with E-state index in [1.54, 1.807) is 0 Å². The van der Waals surface area contributed by atoms with Gasteiger partial charge in [0.15, 0.2) is 0 Å². The van der Waals surface area contributed by atoms with Crippen LogP contribution in [0, 0.1) is 24.2 Å². The van der Waals surface area contributed by atoms with Gasteiger partial charge in [0.2, 0.25) is 0 Å². The number of nitriles is 1. The molecule has 2 nitrogen and oxygen atoms in total. The van der Waals surface area contributed by atoms with Crippen molar-refractivity contribution in [1.29, 1.82) is 5.26 Å². The average molecular weight is 200 g/mol. The second-order valence-corrected chi connectivity index (χ2v) is 4.56. The maximum absolute atomic E-state index is 8.82. The standard InChI is InChI=1S/C13H16N2/c1-9-5-12(6-9)15-13-7-11(8-14)4-3-10(13)2/h3-4,7,9,12,15H,5-6H2,1-2H3. The first-order valence-electron chi connectivity index (χ1n) is 5.46. The number of rotatable bonds is 2.